The summed E-state index contributed by atoms with van der Waals surface area (Å²) < 4.78 is 0. The molecule has 4 heteroatoms. The number of nitrogens with one attached hydrogen (secondary N) is 1. The molecule has 19 heavy (non-hydrogen) atoms. The average molecular weight is 274 g/mol. The van der Waals surface area contributed by atoms with Crippen molar-refractivity contribution in [1.29, 1.82) is 0 Å². The number of anilines is 1. The van der Waals surface area contributed by atoms with Gasteiger partial charge >= 0.3 is 0 Å². The monoisotopic (exact) mass is 273 g/mol. The van der Waals surface area contributed by atoms with E-state index in [1.165, 1.54) is 5.56 Å². The molecule has 0 aliphatic heterocycles. The first-order chi connectivity index (χ1) is 9.13. The van der Waals surface area contributed by atoms with Gasteiger partial charge in [0.05, 0.1) is 6.54 Å². The van der Waals surface area contributed by atoms with Crippen LogP contribution in [0.2, 0.25) is 5.02 Å². The van der Waals surface area contributed by atoms with Gasteiger partial charge in [-0.2, -0.15) is 0 Å². The fourth-order valence-corrected chi connectivity index (χ4v) is 1.80. The van der Waals surface area contributed by atoms with Gasteiger partial charge < -0.3 is 11.1 Å². The lowest BCUT2D eigenvalue weighted by atomic mass is 10.2. The maximum Gasteiger partial charge on any atom is 0.193 e. The van der Waals surface area contributed by atoms with E-state index < -0.39 is 0 Å². The highest BCUT2D eigenvalue weighted by Crippen LogP contribution is 2.11. The third-order valence-corrected chi connectivity index (χ3v) is 2.89. The van der Waals surface area contributed by atoms with Gasteiger partial charge in [0, 0.05) is 10.7 Å². The van der Waals surface area contributed by atoms with Gasteiger partial charge in [-0.25, -0.2) is 4.99 Å². The third-order valence-electron chi connectivity index (χ3n) is 2.64. The molecule has 0 aliphatic carbocycles. The molecule has 0 atom stereocenters. The summed E-state index contributed by atoms with van der Waals surface area (Å²) >= 11 is 5.82. The van der Waals surface area contributed by atoms with Crippen LogP contribution in [0, 0.1) is 6.92 Å². The Morgan fingerprint density at radius 2 is 1.95 bits per heavy atom. The molecule has 0 heterocycles. The van der Waals surface area contributed by atoms with Crippen LogP contribution in [0.1, 0.15) is 11.1 Å². The lowest BCUT2D eigenvalue weighted by molar-refractivity contribution is 1.06. The van der Waals surface area contributed by atoms with E-state index >= 15 is 0 Å². The van der Waals surface area contributed by atoms with E-state index in [0.717, 1.165) is 16.3 Å². The minimum Gasteiger partial charge on any atom is -0.370 e. The van der Waals surface area contributed by atoms with E-state index in [1.807, 2.05) is 55.5 Å². The number of aliphatic imine (C=N–C) groups is 1. The van der Waals surface area contributed by atoms with Gasteiger partial charge in [0.1, 0.15) is 0 Å². The second kappa shape index (κ2) is 6.25. The molecule has 0 saturated carbocycles. The third kappa shape index (κ3) is 4.30. The highest BCUT2D eigenvalue weighted by atomic mass is 35.5. The highest BCUT2D eigenvalue weighted by molar-refractivity contribution is 6.30. The maximum absolute atomic E-state index is 5.85. The molecule has 0 bridgehead atoms. The van der Waals surface area contributed by atoms with Crippen LogP contribution in [0.5, 0.6) is 0 Å². The first kappa shape index (κ1) is 13.4. The van der Waals surface area contributed by atoms with Gasteiger partial charge in [0.2, 0.25) is 0 Å². The summed E-state index contributed by atoms with van der Waals surface area (Å²) in [6.45, 7) is 2.56. The molecule has 2 aromatic carbocycles. The number of halogens is 1. The number of aryl methyl sites for hydroxylation is 1. The first-order valence-electron chi connectivity index (χ1n) is 6.01. The molecule has 2 rings (SSSR count). The number of rotatable bonds is 3. The Labute approximate surface area is 118 Å². The standard InChI is InChI=1S/C15H16ClN3/c1-11-3-2-4-14(9-11)19-15(17)18-10-12-5-7-13(16)8-6-12/h2-9H,10H2,1H3,(H3,17,18,19). The number of hydrogen-bond donors (Lipinski definition) is 2. The number of guanidine groups is 1. The molecule has 0 saturated heterocycles. The summed E-state index contributed by atoms with van der Waals surface area (Å²) in [5.74, 6) is 0.403. The van der Waals surface area contributed by atoms with Crippen LogP contribution in [-0.4, -0.2) is 5.96 Å². The Morgan fingerprint density at radius 1 is 1.21 bits per heavy atom. The second-order valence-corrected chi connectivity index (χ2v) is 4.76. The van der Waals surface area contributed by atoms with E-state index in [2.05, 4.69) is 10.3 Å². The van der Waals surface area contributed by atoms with Crippen LogP contribution in [0.3, 0.4) is 0 Å². The van der Waals surface area contributed by atoms with Gasteiger partial charge in [-0.1, -0.05) is 35.9 Å². The van der Waals surface area contributed by atoms with Crippen molar-refractivity contribution in [3.63, 3.8) is 0 Å². The minimum absolute atomic E-state index is 0.403. The first-order valence-corrected chi connectivity index (χ1v) is 6.39. The van der Waals surface area contributed by atoms with Crippen molar-refractivity contribution in [3.05, 3.63) is 64.7 Å². The van der Waals surface area contributed by atoms with E-state index in [-0.39, 0.29) is 0 Å². The molecular weight excluding hydrogens is 258 g/mol. The summed E-state index contributed by atoms with van der Waals surface area (Å²) in [5.41, 5.74) is 9.03. The van der Waals surface area contributed by atoms with Crippen molar-refractivity contribution >= 4 is 23.2 Å². The number of nitrogens with two attached hydrogens (primary N) is 1. The molecule has 3 nitrogen and oxygen atoms in total. The highest BCUT2D eigenvalue weighted by Gasteiger charge is 1.96. The van der Waals surface area contributed by atoms with Gasteiger partial charge in [0.15, 0.2) is 5.96 Å². The van der Waals surface area contributed by atoms with Crippen molar-refractivity contribution < 1.29 is 0 Å². The predicted octanol–water partition coefficient (Wildman–Crippen LogP) is 3.58. The SMILES string of the molecule is Cc1cccc(NC(N)=NCc2ccc(Cl)cc2)c1. The molecule has 98 valence electrons. The zero-order valence-electron chi connectivity index (χ0n) is 10.7. The lowest BCUT2D eigenvalue weighted by Crippen LogP contribution is -2.22. The summed E-state index contributed by atoms with van der Waals surface area (Å²) in [7, 11) is 0. The van der Waals surface area contributed by atoms with Crippen molar-refractivity contribution in [2.75, 3.05) is 5.32 Å². The number of benzene rings is 2. The molecular formula is C15H16ClN3. The van der Waals surface area contributed by atoms with Crippen molar-refractivity contribution in [2.45, 2.75) is 13.5 Å². The molecule has 0 amide bonds. The minimum atomic E-state index is 0.403. The summed E-state index contributed by atoms with van der Waals surface area (Å²) in [6.07, 6.45) is 0. The second-order valence-electron chi connectivity index (χ2n) is 4.32. The van der Waals surface area contributed by atoms with Crippen molar-refractivity contribution in [3.8, 4) is 0 Å². The van der Waals surface area contributed by atoms with Crippen LogP contribution in [0.15, 0.2) is 53.5 Å². The van der Waals surface area contributed by atoms with Crippen LogP contribution in [-0.2, 0) is 6.54 Å². The topological polar surface area (TPSA) is 50.4 Å². The van der Waals surface area contributed by atoms with Gasteiger partial charge in [-0.3, -0.25) is 0 Å². The van der Waals surface area contributed by atoms with E-state index in [4.69, 9.17) is 17.3 Å². The molecule has 3 N–H and O–H groups in total. The quantitative estimate of drug-likeness (QED) is 0.663. The van der Waals surface area contributed by atoms with Gasteiger partial charge in [0.25, 0.3) is 0 Å². The average Bonchev–Trinajstić information content (AvgIpc) is 2.38. The fourth-order valence-electron chi connectivity index (χ4n) is 1.68. The zero-order chi connectivity index (χ0) is 13.7. The van der Waals surface area contributed by atoms with Gasteiger partial charge in [-0.05, 0) is 42.3 Å². The summed E-state index contributed by atoms with van der Waals surface area (Å²) in [6, 6.07) is 15.5. The predicted molar refractivity (Wildman–Crippen MR) is 81.6 cm³/mol. The van der Waals surface area contributed by atoms with E-state index in [1.54, 1.807) is 0 Å². The van der Waals surface area contributed by atoms with Crippen LogP contribution >= 0.6 is 11.6 Å². The molecule has 0 radical (unpaired) electrons. The Kier molecular flexibility index (Phi) is 4.42. The maximum atomic E-state index is 5.85. The largest absolute Gasteiger partial charge is 0.370 e. The Bertz CT molecular complexity index is 576. The van der Waals surface area contributed by atoms with Gasteiger partial charge in [-0.15, -0.1) is 0 Å². The zero-order valence-corrected chi connectivity index (χ0v) is 11.5. The van der Waals surface area contributed by atoms with Crippen molar-refractivity contribution in [2.24, 2.45) is 10.7 Å². The van der Waals surface area contributed by atoms with Crippen LogP contribution in [0.4, 0.5) is 5.69 Å². The Morgan fingerprint density at radius 3 is 2.63 bits per heavy atom. The van der Waals surface area contributed by atoms with E-state index in [0.29, 0.717) is 12.5 Å². The normalized spacial score (nSPS) is 11.4. The van der Waals surface area contributed by atoms with Crippen LogP contribution in [0.25, 0.3) is 0 Å². The number of hydrogen-bond acceptors (Lipinski definition) is 1. The Hall–Kier alpha value is -2.00. The lowest BCUT2D eigenvalue weighted by Gasteiger charge is -2.06. The van der Waals surface area contributed by atoms with Crippen molar-refractivity contribution in [1.82, 2.24) is 0 Å². The molecule has 0 unspecified atom stereocenters. The van der Waals surface area contributed by atoms with Crippen LogP contribution < -0.4 is 11.1 Å². The number of nitrogens with zero attached hydrogens (tertiary/aromatic N) is 1. The fraction of sp³-hybridized carbons (Fsp3) is 0.133. The molecule has 2 aromatic rings. The summed E-state index contributed by atoms with van der Waals surface area (Å²) in [4.78, 5) is 4.29. The molecule has 0 aromatic heterocycles. The smallest absolute Gasteiger partial charge is 0.193 e. The molecule has 0 aliphatic rings. The van der Waals surface area contributed by atoms with E-state index in [9.17, 15) is 0 Å². The molecule has 0 fully saturated rings. The summed E-state index contributed by atoms with van der Waals surface area (Å²) in [5, 5.41) is 3.79. The Balaban J connectivity index is 1.97. The molecule has 0 spiro atoms.